The summed E-state index contributed by atoms with van der Waals surface area (Å²) in [6, 6.07) is 0. The third kappa shape index (κ3) is 3.94. The summed E-state index contributed by atoms with van der Waals surface area (Å²) in [5, 5.41) is 23.6. The predicted octanol–water partition coefficient (Wildman–Crippen LogP) is 4.35. The van der Waals surface area contributed by atoms with Gasteiger partial charge in [0.1, 0.15) is 5.78 Å². The molecule has 0 aromatic heterocycles. The van der Waals surface area contributed by atoms with Crippen molar-refractivity contribution >= 4 is 11.9 Å². The van der Waals surface area contributed by atoms with Crippen molar-refractivity contribution in [2.75, 3.05) is 19.8 Å². The molecule has 0 radical (unpaired) electrons. The Labute approximate surface area is 203 Å². The minimum Gasteiger partial charge on any atom is -0.435 e. The van der Waals surface area contributed by atoms with Crippen LogP contribution in [0.2, 0.25) is 0 Å². The maximum atomic E-state index is 14.5. The van der Waals surface area contributed by atoms with Gasteiger partial charge in [0.15, 0.2) is 5.60 Å². The molecular weight excluding hydrogens is 436 g/mol. The zero-order chi connectivity index (χ0) is 25.5. The molecule has 2 fully saturated rings. The van der Waals surface area contributed by atoms with Crippen LogP contribution in [0, 0.1) is 22.7 Å². The molecule has 7 heteroatoms. The van der Waals surface area contributed by atoms with Gasteiger partial charge in [-0.15, -0.1) is 6.58 Å². The summed E-state index contributed by atoms with van der Waals surface area (Å²) >= 11 is 0. The van der Waals surface area contributed by atoms with E-state index in [9.17, 15) is 19.8 Å². The average Bonchev–Trinajstić information content (AvgIpc) is 2.75. The minimum atomic E-state index is -1.29. The van der Waals surface area contributed by atoms with Gasteiger partial charge in [-0.1, -0.05) is 38.0 Å². The van der Waals surface area contributed by atoms with E-state index in [-0.39, 0.29) is 32.0 Å². The van der Waals surface area contributed by atoms with E-state index >= 15 is 0 Å². The first-order valence-corrected chi connectivity index (χ1v) is 12.5. The largest absolute Gasteiger partial charge is 0.508 e. The monoisotopic (exact) mass is 478 g/mol. The summed E-state index contributed by atoms with van der Waals surface area (Å²) in [7, 11) is 0. The summed E-state index contributed by atoms with van der Waals surface area (Å²) < 4.78 is 16.5. The normalized spacial score (nSPS) is 35.5. The first-order chi connectivity index (χ1) is 15.8. The second-order valence-corrected chi connectivity index (χ2v) is 11.1. The maximum absolute atomic E-state index is 14.5. The maximum Gasteiger partial charge on any atom is 0.508 e. The molecular formula is C27H42O7. The topological polar surface area (TPSA) is 102 Å². The molecule has 1 saturated heterocycles. The molecule has 3 aliphatic rings. The van der Waals surface area contributed by atoms with E-state index < -0.39 is 46.1 Å². The molecule has 2 bridgehead atoms. The van der Waals surface area contributed by atoms with E-state index in [4.69, 9.17) is 14.2 Å². The van der Waals surface area contributed by atoms with Gasteiger partial charge in [-0.05, 0) is 52.9 Å². The third-order valence-corrected chi connectivity index (χ3v) is 9.03. The lowest BCUT2D eigenvalue weighted by atomic mass is 9.47. The van der Waals surface area contributed by atoms with Crippen molar-refractivity contribution in [3.8, 4) is 0 Å². The number of fused-ring (bicyclic) bond motifs is 2. The first kappa shape index (κ1) is 26.9. The number of carbonyl (C=O) groups excluding carboxylic acids is 2. The molecule has 0 spiro atoms. The van der Waals surface area contributed by atoms with Crippen LogP contribution in [0.1, 0.15) is 73.6 Å². The Morgan fingerprint density at radius 2 is 1.94 bits per heavy atom. The van der Waals surface area contributed by atoms with E-state index in [0.717, 1.165) is 11.1 Å². The lowest BCUT2D eigenvalue weighted by molar-refractivity contribution is -0.257. The van der Waals surface area contributed by atoms with Gasteiger partial charge in [0, 0.05) is 17.3 Å². The smallest absolute Gasteiger partial charge is 0.435 e. The van der Waals surface area contributed by atoms with Crippen molar-refractivity contribution in [2.45, 2.75) is 91.0 Å². The van der Waals surface area contributed by atoms with E-state index in [1.54, 1.807) is 19.9 Å². The Bertz CT molecular complexity index is 855. The number of hydrogen-bond donors (Lipinski definition) is 2. The highest BCUT2D eigenvalue weighted by Crippen LogP contribution is 2.61. The number of ether oxygens (including phenoxy) is 3. The lowest BCUT2D eigenvalue weighted by Crippen LogP contribution is -2.69. The lowest BCUT2D eigenvalue weighted by Gasteiger charge is -2.61. The quantitative estimate of drug-likeness (QED) is 0.414. The molecule has 5 atom stereocenters. The van der Waals surface area contributed by atoms with Crippen LogP contribution in [0.4, 0.5) is 4.79 Å². The van der Waals surface area contributed by atoms with Crippen LogP contribution in [-0.2, 0) is 19.0 Å². The van der Waals surface area contributed by atoms with Crippen LogP contribution in [0.15, 0.2) is 23.8 Å². The number of aliphatic hydroxyl groups is 2. The highest BCUT2D eigenvalue weighted by molar-refractivity contribution is 5.91. The minimum absolute atomic E-state index is 0.0835. The standard InChI is InChI=1S/C27H42O7/c1-8-11-18-21-17(4)12-13-27(31,24(21,5)6)14-19(25(7,22(18)29)20(28)9-2)26(15-32-16-26)34-23(30)33-10-3/h8,18-20,28,31H,1,9-16H2,2-7H3/t18?,19?,20-,25-,27+/m0/s1. The zero-order valence-corrected chi connectivity index (χ0v) is 21.6. The van der Waals surface area contributed by atoms with Gasteiger partial charge in [-0.2, -0.15) is 0 Å². The summed E-state index contributed by atoms with van der Waals surface area (Å²) in [4.78, 5) is 27.0. The number of allylic oxidation sites excluding steroid dienone is 2. The second-order valence-electron chi connectivity index (χ2n) is 11.1. The summed E-state index contributed by atoms with van der Waals surface area (Å²) in [6.45, 7) is 15.6. The summed E-state index contributed by atoms with van der Waals surface area (Å²) in [5.74, 6) is -1.30. The molecule has 7 nitrogen and oxygen atoms in total. The SMILES string of the molecule is C=CCC1C(=O)[C@](C)([C@@H](O)CC)C(C2(OC(=O)OCC)COC2)C[C@]2(O)CCC(C)=C1C2(C)C. The van der Waals surface area contributed by atoms with Crippen molar-refractivity contribution in [1.82, 2.24) is 0 Å². The van der Waals surface area contributed by atoms with Gasteiger partial charge in [-0.3, -0.25) is 4.79 Å². The van der Waals surface area contributed by atoms with Crippen molar-refractivity contribution in [3.63, 3.8) is 0 Å². The van der Waals surface area contributed by atoms with Crippen LogP contribution in [0.5, 0.6) is 0 Å². The van der Waals surface area contributed by atoms with Crippen LogP contribution in [0.25, 0.3) is 0 Å². The molecule has 2 unspecified atom stereocenters. The second kappa shape index (κ2) is 9.40. The fourth-order valence-electron chi connectivity index (χ4n) is 6.84. The molecule has 1 heterocycles. The summed E-state index contributed by atoms with van der Waals surface area (Å²) in [5.41, 5.74) is -2.25. The van der Waals surface area contributed by atoms with E-state index in [1.165, 1.54) is 0 Å². The van der Waals surface area contributed by atoms with E-state index in [1.807, 2.05) is 27.7 Å². The zero-order valence-electron chi connectivity index (χ0n) is 21.6. The number of Topliss-reactive ketones (excluding diaryl/α,β-unsaturated/α-hetero) is 1. The van der Waals surface area contributed by atoms with Gasteiger partial charge >= 0.3 is 6.16 Å². The Hall–Kier alpha value is -1.70. The number of ketones is 1. The Balaban J connectivity index is 2.27. The molecule has 1 aliphatic heterocycles. The first-order valence-electron chi connectivity index (χ1n) is 12.5. The van der Waals surface area contributed by atoms with Crippen molar-refractivity contribution in [1.29, 1.82) is 0 Å². The highest BCUT2D eigenvalue weighted by atomic mass is 16.7. The molecule has 0 aromatic rings. The fourth-order valence-corrected chi connectivity index (χ4v) is 6.84. The number of aliphatic hydroxyl groups excluding tert-OH is 1. The van der Waals surface area contributed by atoms with Gasteiger partial charge in [0.05, 0.1) is 36.9 Å². The molecule has 2 N–H and O–H groups in total. The van der Waals surface area contributed by atoms with Crippen LogP contribution in [0.3, 0.4) is 0 Å². The molecule has 1 saturated carbocycles. The number of rotatable bonds is 7. The Morgan fingerprint density at radius 3 is 2.44 bits per heavy atom. The van der Waals surface area contributed by atoms with Gasteiger partial charge in [0.25, 0.3) is 0 Å². The molecule has 34 heavy (non-hydrogen) atoms. The molecule has 3 rings (SSSR count). The third-order valence-electron chi connectivity index (χ3n) is 9.03. The van der Waals surface area contributed by atoms with Crippen molar-refractivity contribution in [2.24, 2.45) is 22.7 Å². The van der Waals surface area contributed by atoms with Crippen molar-refractivity contribution < 1.29 is 34.0 Å². The van der Waals surface area contributed by atoms with Gasteiger partial charge in [0.2, 0.25) is 0 Å². The Morgan fingerprint density at radius 1 is 1.29 bits per heavy atom. The molecule has 192 valence electrons. The van der Waals surface area contributed by atoms with Crippen LogP contribution < -0.4 is 0 Å². The Kier molecular flexibility index (Phi) is 7.43. The highest BCUT2D eigenvalue weighted by Gasteiger charge is 2.67. The van der Waals surface area contributed by atoms with Crippen molar-refractivity contribution in [3.05, 3.63) is 23.8 Å². The van der Waals surface area contributed by atoms with Crippen LogP contribution >= 0.6 is 0 Å². The summed E-state index contributed by atoms with van der Waals surface area (Å²) in [6.07, 6.45) is 2.06. The predicted molar refractivity (Wildman–Crippen MR) is 128 cm³/mol. The molecule has 0 amide bonds. The molecule has 2 aliphatic carbocycles. The number of hydrogen-bond acceptors (Lipinski definition) is 7. The van der Waals surface area contributed by atoms with E-state index in [0.29, 0.717) is 25.7 Å². The van der Waals surface area contributed by atoms with Crippen LogP contribution in [-0.4, -0.2) is 59.3 Å². The van der Waals surface area contributed by atoms with E-state index in [2.05, 4.69) is 6.58 Å². The fraction of sp³-hybridized carbons (Fsp3) is 0.778. The number of carbonyl (C=O) groups is 2. The van der Waals surface area contributed by atoms with Gasteiger partial charge < -0.3 is 24.4 Å². The average molecular weight is 479 g/mol. The van der Waals surface area contributed by atoms with Gasteiger partial charge in [-0.25, -0.2) is 4.79 Å². The molecule has 0 aromatic carbocycles.